The molecule has 7 nitrogen and oxygen atoms in total. The zero-order chi connectivity index (χ0) is 23.2. The van der Waals surface area contributed by atoms with E-state index in [0.29, 0.717) is 18.2 Å². The minimum atomic E-state index is -0.0467. The number of hydrogen-bond donors (Lipinski definition) is 2. The van der Waals surface area contributed by atoms with Gasteiger partial charge >= 0.3 is 0 Å². The highest BCUT2D eigenvalue weighted by molar-refractivity contribution is 7.80. The summed E-state index contributed by atoms with van der Waals surface area (Å²) in [7, 11) is 0. The van der Waals surface area contributed by atoms with Gasteiger partial charge in [0.05, 0.1) is 31.4 Å². The Labute approximate surface area is 201 Å². The van der Waals surface area contributed by atoms with Crippen molar-refractivity contribution in [1.29, 1.82) is 0 Å². The van der Waals surface area contributed by atoms with E-state index in [-0.39, 0.29) is 11.7 Å². The normalized spacial score (nSPS) is 19.2. The van der Waals surface area contributed by atoms with Crippen molar-refractivity contribution < 1.29 is 9.47 Å². The van der Waals surface area contributed by atoms with E-state index in [0.717, 1.165) is 87.3 Å². The van der Waals surface area contributed by atoms with Crippen LogP contribution in [-0.4, -0.2) is 78.5 Å². The molecule has 33 heavy (non-hydrogen) atoms. The highest BCUT2D eigenvalue weighted by atomic mass is 32.1. The summed E-state index contributed by atoms with van der Waals surface area (Å²) >= 11 is 5.77. The monoisotopic (exact) mass is 472 g/mol. The van der Waals surface area contributed by atoms with Crippen LogP contribution >= 0.6 is 12.2 Å². The third-order valence-electron chi connectivity index (χ3n) is 6.53. The molecule has 4 rings (SSSR count). The molecular weight excluding hydrogens is 436 g/mol. The van der Waals surface area contributed by atoms with Crippen LogP contribution in [0, 0.1) is 13.8 Å². The molecule has 2 aliphatic rings. The lowest BCUT2D eigenvalue weighted by molar-refractivity contribution is 0.0367. The van der Waals surface area contributed by atoms with E-state index in [1.807, 2.05) is 13.0 Å². The molecule has 2 aliphatic heterocycles. The molecule has 0 saturated carbocycles. The van der Waals surface area contributed by atoms with Crippen molar-refractivity contribution >= 4 is 28.2 Å². The summed E-state index contributed by atoms with van der Waals surface area (Å²) in [5.74, 6) is 0. The molecule has 2 saturated heterocycles. The Morgan fingerprint density at radius 1 is 1.24 bits per heavy atom. The first-order valence-corrected chi connectivity index (χ1v) is 12.5. The predicted octanol–water partition coefficient (Wildman–Crippen LogP) is 2.72. The van der Waals surface area contributed by atoms with Crippen LogP contribution in [0.2, 0.25) is 0 Å². The van der Waals surface area contributed by atoms with E-state index in [4.69, 9.17) is 21.7 Å². The number of nitrogens with one attached hydrogen (secondary N) is 2. The standard InChI is InChI=1S/C25H36N4O3S/c1-18-13-19(2)23-20(14-18)15-21(24(30)27-23)17-29(7-4-6-28-8-11-31-12-9-28)25(33)26-16-22-5-3-10-32-22/h13-15,22H,3-12,16-17H2,1-2H3,(H,26,33)(H,27,30). The molecule has 1 unspecified atom stereocenters. The fraction of sp³-hybridized carbons (Fsp3) is 0.600. The largest absolute Gasteiger partial charge is 0.379 e. The third kappa shape index (κ3) is 6.53. The van der Waals surface area contributed by atoms with Crippen LogP contribution in [0.4, 0.5) is 0 Å². The maximum absolute atomic E-state index is 12.9. The van der Waals surface area contributed by atoms with E-state index in [2.05, 4.69) is 39.2 Å². The first-order chi connectivity index (χ1) is 16.0. The Balaban J connectivity index is 1.47. The van der Waals surface area contributed by atoms with Crippen molar-refractivity contribution in [3.63, 3.8) is 0 Å². The Kier molecular flexibility index (Phi) is 8.35. The summed E-state index contributed by atoms with van der Waals surface area (Å²) in [4.78, 5) is 20.6. The molecule has 8 heteroatoms. The topological polar surface area (TPSA) is 69.8 Å². The Morgan fingerprint density at radius 3 is 2.82 bits per heavy atom. The number of rotatable bonds is 8. The van der Waals surface area contributed by atoms with Crippen molar-refractivity contribution in [3.8, 4) is 0 Å². The number of hydrogen-bond acceptors (Lipinski definition) is 5. The van der Waals surface area contributed by atoms with Gasteiger partial charge < -0.3 is 24.7 Å². The predicted molar refractivity (Wildman–Crippen MR) is 136 cm³/mol. The summed E-state index contributed by atoms with van der Waals surface area (Å²) in [5, 5.41) is 5.15. The maximum atomic E-state index is 12.9. The molecule has 180 valence electrons. The summed E-state index contributed by atoms with van der Waals surface area (Å²) < 4.78 is 11.2. The minimum Gasteiger partial charge on any atom is -0.379 e. The Bertz CT molecular complexity index is 1010. The molecule has 0 amide bonds. The number of pyridine rings is 1. The molecule has 0 aliphatic carbocycles. The van der Waals surface area contributed by atoms with Gasteiger partial charge in [0.15, 0.2) is 5.11 Å². The number of aromatic amines is 1. The molecule has 3 heterocycles. The summed E-state index contributed by atoms with van der Waals surface area (Å²) in [6.07, 6.45) is 3.36. The Morgan fingerprint density at radius 2 is 2.06 bits per heavy atom. The van der Waals surface area contributed by atoms with Crippen molar-refractivity contribution in [2.75, 3.05) is 52.5 Å². The van der Waals surface area contributed by atoms with Crippen LogP contribution in [-0.2, 0) is 16.0 Å². The van der Waals surface area contributed by atoms with Gasteiger partial charge in [-0.3, -0.25) is 9.69 Å². The highest BCUT2D eigenvalue weighted by Crippen LogP contribution is 2.19. The van der Waals surface area contributed by atoms with Gasteiger partial charge in [-0.05, 0) is 68.4 Å². The molecular formula is C25H36N4O3S. The molecule has 2 aromatic rings. The summed E-state index contributed by atoms with van der Waals surface area (Å²) in [6, 6.07) is 6.24. The van der Waals surface area contributed by atoms with Gasteiger partial charge in [0, 0.05) is 44.9 Å². The second-order valence-electron chi connectivity index (χ2n) is 9.22. The summed E-state index contributed by atoms with van der Waals surface area (Å²) in [5.41, 5.74) is 3.88. The first kappa shape index (κ1) is 24.1. The van der Waals surface area contributed by atoms with Gasteiger partial charge in [0.25, 0.3) is 5.56 Å². The number of thiocarbonyl (C=S) groups is 1. The van der Waals surface area contributed by atoms with Crippen LogP contribution in [0.1, 0.15) is 36.0 Å². The number of aryl methyl sites for hydroxylation is 2. The lowest BCUT2D eigenvalue weighted by Crippen LogP contribution is -2.44. The average Bonchev–Trinajstić information content (AvgIpc) is 3.32. The third-order valence-corrected chi connectivity index (χ3v) is 6.93. The molecule has 0 spiro atoms. The SMILES string of the molecule is Cc1cc(C)c2[nH]c(=O)c(CN(CCCN3CCOCC3)C(=S)NCC3CCCO3)cc2c1. The van der Waals surface area contributed by atoms with Crippen LogP contribution in [0.15, 0.2) is 23.0 Å². The molecule has 1 atom stereocenters. The van der Waals surface area contributed by atoms with Crippen LogP contribution in [0.5, 0.6) is 0 Å². The zero-order valence-electron chi connectivity index (χ0n) is 19.8. The number of H-pyrrole nitrogens is 1. The lowest BCUT2D eigenvalue weighted by atomic mass is 10.1. The number of ether oxygens (including phenoxy) is 2. The van der Waals surface area contributed by atoms with Gasteiger partial charge in [0.2, 0.25) is 0 Å². The van der Waals surface area contributed by atoms with Crippen LogP contribution in [0.25, 0.3) is 10.9 Å². The van der Waals surface area contributed by atoms with E-state index in [1.165, 1.54) is 5.56 Å². The highest BCUT2D eigenvalue weighted by Gasteiger charge is 2.19. The van der Waals surface area contributed by atoms with Gasteiger partial charge in [-0.2, -0.15) is 0 Å². The summed E-state index contributed by atoms with van der Waals surface area (Å²) in [6.45, 7) is 11.5. The van der Waals surface area contributed by atoms with E-state index >= 15 is 0 Å². The van der Waals surface area contributed by atoms with Crippen molar-refractivity contribution in [1.82, 2.24) is 20.1 Å². The number of benzene rings is 1. The number of aromatic nitrogens is 1. The second-order valence-corrected chi connectivity index (χ2v) is 9.61. The smallest absolute Gasteiger partial charge is 0.253 e. The Hall–Kier alpha value is -2.00. The van der Waals surface area contributed by atoms with E-state index in [9.17, 15) is 4.79 Å². The minimum absolute atomic E-state index is 0.0467. The van der Waals surface area contributed by atoms with Crippen molar-refractivity contribution in [3.05, 3.63) is 45.2 Å². The first-order valence-electron chi connectivity index (χ1n) is 12.1. The fourth-order valence-corrected chi connectivity index (χ4v) is 4.97. The zero-order valence-corrected chi connectivity index (χ0v) is 20.6. The number of nitrogens with zero attached hydrogens (tertiary/aromatic N) is 2. The van der Waals surface area contributed by atoms with Crippen molar-refractivity contribution in [2.45, 2.75) is 45.8 Å². The molecule has 2 fully saturated rings. The van der Waals surface area contributed by atoms with Gasteiger partial charge in [-0.1, -0.05) is 11.6 Å². The fourth-order valence-electron chi connectivity index (χ4n) is 4.74. The average molecular weight is 473 g/mol. The number of fused-ring (bicyclic) bond motifs is 1. The van der Waals surface area contributed by atoms with Gasteiger partial charge in [0.1, 0.15) is 0 Å². The van der Waals surface area contributed by atoms with Crippen LogP contribution in [0.3, 0.4) is 0 Å². The van der Waals surface area contributed by atoms with Crippen LogP contribution < -0.4 is 10.9 Å². The van der Waals surface area contributed by atoms with Crippen molar-refractivity contribution in [2.24, 2.45) is 0 Å². The second kappa shape index (κ2) is 11.4. The maximum Gasteiger partial charge on any atom is 0.253 e. The molecule has 1 aromatic heterocycles. The quantitative estimate of drug-likeness (QED) is 0.573. The molecule has 2 N–H and O–H groups in total. The molecule has 0 radical (unpaired) electrons. The van der Waals surface area contributed by atoms with Gasteiger partial charge in [-0.15, -0.1) is 0 Å². The van der Waals surface area contributed by atoms with E-state index < -0.39 is 0 Å². The number of morpholine rings is 1. The van der Waals surface area contributed by atoms with E-state index in [1.54, 1.807) is 0 Å². The molecule has 0 bridgehead atoms. The molecule has 1 aromatic carbocycles. The van der Waals surface area contributed by atoms with Gasteiger partial charge in [-0.25, -0.2) is 0 Å². The lowest BCUT2D eigenvalue weighted by Gasteiger charge is -2.30.